The number of nitrogen functional groups attached to an aromatic ring is 1. The highest BCUT2D eigenvalue weighted by Crippen LogP contribution is 2.17. The fourth-order valence-corrected chi connectivity index (χ4v) is 1.68. The second-order valence-electron chi connectivity index (χ2n) is 3.51. The number of nitrogens with zero attached hydrogens (tertiary/aromatic N) is 1. The third kappa shape index (κ3) is 2.65. The van der Waals surface area contributed by atoms with E-state index in [0.29, 0.717) is 4.60 Å². The van der Waals surface area contributed by atoms with E-state index in [0.717, 1.165) is 0 Å². The number of anilines is 2. The van der Waals surface area contributed by atoms with Crippen molar-refractivity contribution in [3.05, 3.63) is 52.5 Å². The van der Waals surface area contributed by atoms with E-state index < -0.39 is 11.7 Å². The number of benzene rings is 1. The molecule has 6 heteroatoms. The predicted molar refractivity (Wildman–Crippen MR) is 70.7 cm³/mol. The fourth-order valence-electron chi connectivity index (χ4n) is 1.37. The average molecular weight is 310 g/mol. The van der Waals surface area contributed by atoms with Crippen LogP contribution in [0.4, 0.5) is 15.8 Å². The van der Waals surface area contributed by atoms with Crippen LogP contribution in [0.2, 0.25) is 0 Å². The molecule has 0 radical (unpaired) electrons. The van der Waals surface area contributed by atoms with Gasteiger partial charge in [-0.15, -0.1) is 0 Å². The molecular weight excluding hydrogens is 301 g/mol. The number of pyridine rings is 1. The van der Waals surface area contributed by atoms with Gasteiger partial charge in [-0.3, -0.25) is 4.79 Å². The van der Waals surface area contributed by atoms with Crippen LogP contribution in [0, 0.1) is 5.82 Å². The maximum atomic E-state index is 13.4. The van der Waals surface area contributed by atoms with Crippen molar-refractivity contribution < 1.29 is 9.18 Å². The first-order valence-corrected chi connectivity index (χ1v) is 5.85. The van der Waals surface area contributed by atoms with E-state index in [1.165, 1.54) is 18.2 Å². The molecule has 0 aliphatic heterocycles. The molecule has 2 rings (SSSR count). The van der Waals surface area contributed by atoms with Gasteiger partial charge in [0.15, 0.2) is 5.69 Å². The maximum absolute atomic E-state index is 13.4. The van der Waals surface area contributed by atoms with E-state index in [9.17, 15) is 9.18 Å². The number of nitrogens with one attached hydrogen (secondary N) is 1. The molecule has 1 amide bonds. The summed E-state index contributed by atoms with van der Waals surface area (Å²) in [5.41, 5.74) is 6.01. The Bertz CT molecular complexity index is 604. The number of aromatic nitrogens is 1. The zero-order chi connectivity index (χ0) is 13.1. The van der Waals surface area contributed by atoms with Gasteiger partial charge in [0, 0.05) is 0 Å². The summed E-state index contributed by atoms with van der Waals surface area (Å²) in [6.45, 7) is 0. The predicted octanol–water partition coefficient (Wildman–Crippen LogP) is 2.82. The monoisotopic (exact) mass is 309 g/mol. The van der Waals surface area contributed by atoms with Crippen molar-refractivity contribution in [2.24, 2.45) is 0 Å². The molecule has 4 nitrogen and oxygen atoms in total. The van der Waals surface area contributed by atoms with Gasteiger partial charge in [-0.25, -0.2) is 9.37 Å². The summed E-state index contributed by atoms with van der Waals surface area (Å²) in [4.78, 5) is 15.9. The Morgan fingerprint density at radius 2 is 2.00 bits per heavy atom. The van der Waals surface area contributed by atoms with E-state index in [1.807, 2.05) is 0 Å². The molecule has 0 bridgehead atoms. The van der Waals surface area contributed by atoms with Gasteiger partial charge in [0.25, 0.3) is 5.91 Å². The van der Waals surface area contributed by atoms with E-state index in [-0.39, 0.29) is 17.1 Å². The van der Waals surface area contributed by atoms with Crippen LogP contribution in [0.15, 0.2) is 41.0 Å². The quantitative estimate of drug-likeness (QED) is 0.838. The first kappa shape index (κ1) is 12.5. The van der Waals surface area contributed by atoms with Crippen LogP contribution in [0.3, 0.4) is 0 Å². The van der Waals surface area contributed by atoms with E-state index >= 15 is 0 Å². The first-order valence-electron chi connectivity index (χ1n) is 5.06. The van der Waals surface area contributed by atoms with Gasteiger partial charge in [-0.1, -0.05) is 12.1 Å². The lowest BCUT2D eigenvalue weighted by molar-refractivity contribution is 0.102. The Morgan fingerprint density at radius 1 is 1.28 bits per heavy atom. The number of carbonyl (C=O) groups is 1. The standard InChI is InChI=1S/C12H9BrFN3O/c13-10-6-5-8(15)11(17-10)12(18)16-9-4-2-1-3-7(9)14/h1-6H,15H2,(H,16,18). The number of hydrogen-bond acceptors (Lipinski definition) is 3. The zero-order valence-corrected chi connectivity index (χ0v) is 10.7. The van der Waals surface area contributed by atoms with Crippen molar-refractivity contribution in [1.82, 2.24) is 4.98 Å². The molecule has 1 heterocycles. The molecule has 2 aromatic rings. The third-order valence-corrected chi connectivity index (χ3v) is 2.67. The van der Waals surface area contributed by atoms with Gasteiger partial charge in [0.1, 0.15) is 10.4 Å². The Kier molecular flexibility index (Phi) is 3.57. The largest absolute Gasteiger partial charge is 0.397 e. The molecule has 0 spiro atoms. The number of rotatable bonds is 2. The third-order valence-electron chi connectivity index (χ3n) is 2.23. The van der Waals surface area contributed by atoms with Gasteiger partial charge >= 0.3 is 0 Å². The molecule has 0 saturated heterocycles. The van der Waals surface area contributed by atoms with Crippen molar-refractivity contribution in [1.29, 1.82) is 0 Å². The van der Waals surface area contributed by atoms with Gasteiger partial charge in [-0.05, 0) is 40.2 Å². The summed E-state index contributed by atoms with van der Waals surface area (Å²) >= 11 is 3.14. The lowest BCUT2D eigenvalue weighted by Gasteiger charge is -2.07. The minimum atomic E-state index is -0.557. The Hall–Kier alpha value is -1.95. The summed E-state index contributed by atoms with van der Waals surface area (Å²) in [6, 6.07) is 9.05. The second-order valence-corrected chi connectivity index (χ2v) is 4.32. The van der Waals surface area contributed by atoms with Crippen LogP contribution in [0.1, 0.15) is 10.5 Å². The molecular formula is C12H9BrFN3O. The lowest BCUT2D eigenvalue weighted by Crippen LogP contribution is -2.16. The van der Waals surface area contributed by atoms with Crippen LogP contribution in [-0.4, -0.2) is 10.9 Å². The highest BCUT2D eigenvalue weighted by atomic mass is 79.9. The summed E-state index contributed by atoms with van der Waals surface area (Å²) in [6.07, 6.45) is 0. The normalized spacial score (nSPS) is 10.1. The first-order chi connectivity index (χ1) is 8.58. The molecule has 0 atom stereocenters. The number of para-hydroxylation sites is 1. The molecule has 0 unspecified atom stereocenters. The van der Waals surface area contributed by atoms with Crippen molar-refractivity contribution >= 4 is 33.2 Å². The highest BCUT2D eigenvalue weighted by molar-refractivity contribution is 9.10. The van der Waals surface area contributed by atoms with Gasteiger partial charge in [0.2, 0.25) is 0 Å². The summed E-state index contributed by atoms with van der Waals surface area (Å²) < 4.78 is 13.9. The van der Waals surface area contributed by atoms with Crippen molar-refractivity contribution in [3.8, 4) is 0 Å². The van der Waals surface area contributed by atoms with Crippen LogP contribution >= 0.6 is 15.9 Å². The van der Waals surface area contributed by atoms with Crippen molar-refractivity contribution in [3.63, 3.8) is 0 Å². The molecule has 92 valence electrons. The number of halogens is 2. The van der Waals surface area contributed by atoms with Gasteiger partial charge in [0.05, 0.1) is 11.4 Å². The van der Waals surface area contributed by atoms with Crippen LogP contribution in [-0.2, 0) is 0 Å². The minimum absolute atomic E-state index is 0.0487. The zero-order valence-electron chi connectivity index (χ0n) is 9.15. The Balaban J connectivity index is 2.28. The van der Waals surface area contributed by atoms with Crippen LogP contribution in [0.25, 0.3) is 0 Å². The molecule has 3 N–H and O–H groups in total. The van der Waals surface area contributed by atoms with Crippen LogP contribution < -0.4 is 11.1 Å². The van der Waals surface area contributed by atoms with E-state index in [2.05, 4.69) is 26.2 Å². The summed E-state index contributed by atoms with van der Waals surface area (Å²) in [5, 5.41) is 2.42. The molecule has 0 aliphatic carbocycles. The van der Waals surface area contributed by atoms with Crippen LogP contribution in [0.5, 0.6) is 0 Å². The van der Waals surface area contributed by atoms with Gasteiger partial charge in [-0.2, -0.15) is 0 Å². The number of carbonyl (C=O) groups excluding carboxylic acids is 1. The fraction of sp³-hybridized carbons (Fsp3) is 0. The Morgan fingerprint density at radius 3 is 2.72 bits per heavy atom. The highest BCUT2D eigenvalue weighted by Gasteiger charge is 2.13. The molecule has 1 aromatic carbocycles. The van der Waals surface area contributed by atoms with E-state index in [4.69, 9.17) is 5.73 Å². The minimum Gasteiger partial charge on any atom is -0.397 e. The molecule has 18 heavy (non-hydrogen) atoms. The molecule has 0 saturated carbocycles. The van der Waals surface area contributed by atoms with Crippen molar-refractivity contribution in [2.75, 3.05) is 11.1 Å². The van der Waals surface area contributed by atoms with E-state index in [1.54, 1.807) is 18.2 Å². The second kappa shape index (κ2) is 5.14. The number of amides is 1. The average Bonchev–Trinajstić information content (AvgIpc) is 2.35. The Labute approximate surface area is 111 Å². The summed E-state index contributed by atoms with van der Waals surface area (Å²) in [7, 11) is 0. The summed E-state index contributed by atoms with van der Waals surface area (Å²) in [5.74, 6) is -1.07. The van der Waals surface area contributed by atoms with Crippen molar-refractivity contribution in [2.45, 2.75) is 0 Å². The topological polar surface area (TPSA) is 68.0 Å². The van der Waals surface area contributed by atoms with Gasteiger partial charge < -0.3 is 11.1 Å². The molecule has 1 aromatic heterocycles. The number of nitrogens with two attached hydrogens (primary N) is 1. The SMILES string of the molecule is Nc1ccc(Br)nc1C(=O)Nc1ccccc1F. The smallest absolute Gasteiger partial charge is 0.276 e. The molecule has 0 fully saturated rings. The molecule has 0 aliphatic rings. The maximum Gasteiger partial charge on any atom is 0.276 e. The lowest BCUT2D eigenvalue weighted by atomic mass is 10.2. The number of hydrogen-bond donors (Lipinski definition) is 2.